The molecule has 0 radical (unpaired) electrons. The first-order chi connectivity index (χ1) is 12.6. The predicted octanol–water partition coefficient (Wildman–Crippen LogP) is 3.70. The third kappa shape index (κ3) is 5.04. The molecule has 5 heteroatoms. The number of rotatable bonds is 6. The second-order valence-electron chi connectivity index (χ2n) is 7.18. The van der Waals surface area contributed by atoms with E-state index < -0.39 is 0 Å². The number of amides is 1. The number of aromatic nitrogens is 2. The van der Waals surface area contributed by atoms with Crippen LogP contribution in [0.4, 0.5) is 5.82 Å². The van der Waals surface area contributed by atoms with Crippen LogP contribution in [0, 0.1) is 12.8 Å². The van der Waals surface area contributed by atoms with E-state index in [4.69, 9.17) is 0 Å². The fraction of sp³-hybridized carbons (Fsp3) is 0.476. The van der Waals surface area contributed by atoms with E-state index >= 15 is 0 Å². The molecule has 0 aliphatic carbocycles. The fourth-order valence-corrected chi connectivity index (χ4v) is 3.30. The van der Waals surface area contributed by atoms with Crippen molar-refractivity contribution in [1.29, 1.82) is 0 Å². The van der Waals surface area contributed by atoms with E-state index in [0.29, 0.717) is 17.4 Å². The molecular weight excluding hydrogens is 324 g/mol. The van der Waals surface area contributed by atoms with Gasteiger partial charge in [-0.3, -0.25) is 4.79 Å². The monoisotopic (exact) mass is 352 g/mol. The van der Waals surface area contributed by atoms with Crippen LogP contribution in [0.15, 0.2) is 36.4 Å². The summed E-state index contributed by atoms with van der Waals surface area (Å²) in [6.07, 6.45) is 4.18. The molecule has 1 aromatic carbocycles. The van der Waals surface area contributed by atoms with E-state index in [2.05, 4.69) is 46.5 Å². The molecule has 1 amide bonds. The average molecular weight is 352 g/mol. The van der Waals surface area contributed by atoms with Gasteiger partial charge in [0.2, 0.25) is 0 Å². The van der Waals surface area contributed by atoms with Crippen LogP contribution in [0.2, 0.25) is 0 Å². The summed E-state index contributed by atoms with van der Waals surface area (Å²) in [6, 6.07) is 12.2. The predicted molar refractivity (Wildman–Crippen MR) is 104 cm³/mol. The van der Waals surface area contributed by atoms with Gasteiger partial charge in [-0.05, 0) is 44.1 Å². The Morgan fingerprint density at radius 2 is 1.92 bits per heavy atom. The molecule has 26 heavy (non-hydrogen) atoms. The maximum absolute atomic E-state index is 12.7. The Bertz CT molecular complexity index is 724. The smallest absolute Gasteiger partial charge is 0.272 e. The van der Waals surface area contributed by atoms with E-state index in [-0.39, 0.29) is 5.91 Å². The maximum atomic E-state index is 12.7. The van der Waals surface area contributed by atoms with Crippen molar-refractivity contribution in [3.63, 3.8) is 0 Å². The van der Waals surface area contributed by atoms with E-state index in [9.17, 15) is 4.79 Å². The number of hydrogen-bond donors (Lipinski definition) is 1. The quantitative estimate of drug-likeness (QED) is 0.805. The molecule has 1 saturated heterocycles. The maximum Gasteiger partial charge on any atom is 0.272 e. The van der Waals surface area contributed by atoms with Crippen molar-refractivity contribution in [2.75, 3.05) is 25.0 Å². The first-order valence-electron chi connectivity index (χ1n) is 9.54. The largest absolute Gasteiger partial charge is 0.370 e. The van der Waals surface area contributed by atoms with Gasteiger partial charge in [-0.1, -0.05) is 37.3 Å². The summed E-state index contributed by atoms with van der Waals surface area (Å²) >= 11 is 0. The minimum absolute atomic E-state index is 0.0229. The van der Waals surface area contributed by atoms with E-state index in [1.165, 1.54) is 5.56 Å². The summed E-state index contributed by atoms with van der Waals surface area (Å²) in [5.41, 5.74) is 1.83. The van der Waals surface area contributed by atoms with Crippen LogP contribution >= 0.6 is 0 Å². The lowest BCUT2D eigenvalue weighted by atomic mass is 9.99. The number of carbonyl (C=O) groups is 1. The Kier molecular flexibility index (Phi) is 6.21. The molecule has 1 fully saturated rings. The highest BCUT2D eigenvalue weighted by Gasteiger charge is 2.23. The Morgan fingerprint density at radius 3 is 2.65 bits per heavy atom. The van der Waals surface area contributed by atoms with Crippen LogP contribution < -0.4 is 5.32 Å². The van der Waals surface area contributed by atoms with Gasteiger partial charge in [0.15, 0.2) is 0 Å². The first kappa shape index (κ1) is 18.4. The van der Waals surface area contributed by atoms with Gasteiger partial charge in [0, 0.05) is 25.7 Å². The van der Waals surface area contributed by atoms with Crippen LogP contribution in [0.25, 0.3) is 0 Å². The Morgan fingerprint density at radius 1 is 1.19 bits per heavy atom. The standard InChI is InChI=1S/C21H28N4O/c1-16-10-13-25(14-11-16)21(26)19-15-20(24-17(2)23-19)22-12-6-9-18-7-4-3-5-8-18/h3-5,7-8,15-16H,6,9-14H2,1-2H3,(H,22,23,24). The fourth-order valence-electron chi connectivity index (χ4n) is 3.30. The summed E-state index contributed by atoms with van der Waals surface area (Å²) in [6.45, 7) is 6.55. The van der Waals surface area contributed by atoms with Gasteiger partial charge in [-0.25, -0.2) is 9.97 Å². The van der Waals surface area contributed by atoms with Gasteiger partial charge < -0.3 is 10.2 Å². The zero-order valence-corrected chi connectivity index (χ0v) is 15.7. The van der Waals surface area contributed by atoms with Gasteiger partial charge in [0.25, 0.3) is 5.91 Å². The third-order valence-electron chi connectivity index (χ3n) is 4.92. The molecule has 1 aliphatic heterocycles. The molecular formula is C21H28N4O. The number of piperidine rings is 1. The van der Waals surface area contributed by atoms with Gasteiger partial charge >= 0.3 is 0 Å². The molecule has 3 rings (SSSR count). The highest BCUT2D eigenvalue weighted by molar-refractivity contribution is 5.93. The molecule has 2 heterocycles. The number of hydrogen-bond acceptors (Lipinski definition) is 4. The summed E-state index contributed by atoms with van der Waals surface area (Å²) in [5.74, 6) is 2.09. The van der Waals surface area contributed by atoms with Crippen molar-refractivity contribution in [2.24, 2.45) is 5.92 Å². The lowest BCUT2D eigenvalue weighted by Crippen LogP contribution is -2.38. The number of anilines is 1. The highest BCUT2D eigenvalue weighted by atomic mass is 16.2. The zero-order chi connectivity index (χ0) is 18.4. The van der Waals surface area contributed by atoms with Crippen LogP contribution in [0.1, 0.15) is 48.1 Å². The number of likely N-dealkylation sites (tertiary alicyclic amines) is 1. The topological polar surface area (TPSA) is 58.1 Å². The van der Waals surface area contributed by atoms with E-state index in [1.807, 2.05) is 17.9 Å². The summed E-state index contributed by atoms with van der Waals surface area (Å²) in [5, 5.41) is 3.34. The van der Waals surface area contributed by atoms with Crippen LogP contribution in [-0.2, 0) is 6.42 Å². The molecule has 1 aromatic heterocycles. The molecule has 1 N–H and O–H groups in total. The van der Waals surface area contributed by atoms with Crippen molar-refractivity contribution in [3.8, 4) is 0 Å². The van der Waals surface area contributed by atoms with E-state index in [1.54, 1.807) is 6.07 Å². The van der Waals surface area contributed by atoms with Crippen molar-refractivity contribution in [3.05, 3.63) is 53.5 Å². The molecule has 138 valence electrons. The van der Waals surface area contributed by atoms with Crippen molar-refractivity contribution in [2.45, 2.75) is 39.5 Å². The zero-order valence-electron chi connectivity index (χ0n) is 15.7. The molecule has 0 atom stereocenters. The number of benzene rings is 1. The number of aryl methyl sites for hydroxylation is 2. The summed E-state index contributed by atoms with van der Waals surface area (Å²) in [4.78, 5) is 23.4. The molecule has 5 nitrogen and oxygen atoms in total. The molecule has 2 aromatic rings. The van der Waals surface area contributed by atoms with Gasteiger partial charge in [-0.2, -0.15) is 0 Å². The average Bonchev–Trinajstić information content (AvgIpc) is 2.66. The number of nitrogens with zero attached hydrogens (tertiary/aromatic N) is 3. The molecule has 0 bridgehead atoms. The Balaban J connectivity index is 1.56. The van der Waals surface area contributed by atoms with Crippen LogP contribution in [0.3, 0.4) is 0 Å². The lowest BCUT2D eigenvalue weighted by molar-refractivity contribution is 0.0691. The number of nitrogens with one attached hydrogen (secondary N) is 1. The first-order valence-corrected chi connectivity index (χ1v) is 9.54. The minimum atomic E-state index is 0.0229. The van der Waals surface area contributed by atoms with Crippen LogP contribution in [-0.4, -0.2) is 40.4 Å². The summed E-state index contributed by atoms with van der Waals surface area (Å²) in [7, 11) is 0. The second-order valence-corrected chi connectivity index (χ2v) is 7.18. The van der Waals surface area contributed by atoms with Gasteiger partial charge in [0.1, 0.15) is 17.3 Å². The molecule has 1 aliphatic rings. The minimum Gasteiger partial charge on any atom is -0.370 e. The van der Waals surface area contributed by atoms with Crippen molar-refractivity contribution < 1.29 is 4.79 Å². The van der Waals surface area contributed by atoms with Crippen LogP contribution in [0.5, 0.6) is 0 Å². The third-order valence-corrected chi connectivity index (χ3v) is 4.92. The molecule has 0 saturated carbocycles. The lowest BCUT2D eigenvalue weighted by Gasteiger charge is -2.30. The Hall–Kier alpha value is -2.43. The number of carbonyl (C=O) groups excluding carboxylic acids is 1. The van der Waals surface area contributed by atoms with Gasteiger partial charge in [0.05, 0.1) is 0 Å². The summed E-state index contributed by atoms with van der Waals surface area (Å²) < 4.78 is 0. The van der Waals surface area contributed by atoms with Crippen molar-refractivity contribution in [1.82, 2.24) is 14.9 Å². The normalized spacial score (nSPS) is 15.1. The highest BCUT2D eigenvalue weighted by Crippen LogP contribution is 2.18. The Labute approximate surface area is 155 Å². The SMILES string of the molecule is Cc1nc(NCCCc2ccccc2)cc(C(=O)N2CCC(C)CC2)n1. The van der Waals surface area contributed by atoms with E-state index in [0.717, 1.165) is 51.1 Å². The van der Waals surface area contributed by atoms with Crippen molar-refractivity contribution >= 4 is 11.7 Å². The molecule has 0 spiro atoms. The van der Waals surface area contributed by atoms with Gasteiger partial charge in [-0.15, -0.1) is 0 Å². The second kappa shape index (κ2) is 8.79. The molecule has 0 unspecified atom stereocenters.